The lowest BCUT2D eigenvalue weighted by atomic mass is 9.98. The van der Waals surface area contributed by atoms with Gasteiger partial charge in [-0.2, -0.15) is 4.31 Å². The van der Waals surface area contributed by atoms with E-state index in [2.05, 4.69) is 0 Å². The zero-order chi connectivity index (χ0) is 20.9. The van der Waals surface area contributed by atoms with Gasteiger partial charge in [0.2, 0.25) is 10.9 Å². The lowest BCUT2D eigenvalue weighted by Gasteiger charge is -2.30. The van der Waals surface area contributed by atoms with Gasteiger partial charge in [-0.3, -0.25) is 4.79 Å². The summed E-state index contributed by atoms with van der Waals surface area (Å²) in [6.07, 6.45) is 3.70. The average Bonchev–Trinajstić information content (AvgIpc) is 3.24. The van der Waals surface area contributed by atoms with Gasteiger partial charge in [-0.25, -0.2) is 13.2 Å². The van der Waals surface area contributed by atoms with Crippen molar-refractivity contribution in [3.63, 3.8) is 0 Å². The summed E-state index contributed by atoms with van der Waals surface area (Å²) < 4.78 is 47.7. The van der Waals surface area contributed by atoms with E-state index in [1.807, 2.05) is 0 Å². The summed E-state index contributed by atoms with van der Waals surface area (Å²) in [5.74, 6) is -1.51. The second-order valence-electron chi connectivity index (χ2n) is 7.14. The predicted molar refractivity (Wildman–Crippen MR) is 101 cm³/mol. The Bertz CT molecular complexity index is 804. The lowest BCUT2D eigenvalue weighted by Crippen LogP contribution is -2.41. The molecule has 1 aromatic heterocycles. The molecule has 0 amide bonds. The zero-order valence-electron chi connectivity index (χ0n) is 16.5. The highest BCUT2D eigenvalue weighted by atomic mass is 32.2. The van der Waals surface area contributed by atoms with Crippen LogP contribution in [0.25, 0.3) is 0 Å². The van der Waals surface area contributed by atoms with Crippen LogP contribution in [0.3, 0.4) is 0 Å². The largest absolute Gasteiger partial charge is 0.463 e. The summed E-state index contributed by atoms with van der Waals surface area (Å²) in [5.41, 5.74) is 0. The van der Waals surface area contributed by atoms with Crippen LogP contribution in [0.1, 0.15) is 49.6 Å². The summed E-state index contributed by atoms with van der Waals surface area (Å²) in [6.45, 7) is 3.12. The normalized spacial score (nSPS) is 21.6. The van der Waals surface area contributed by atoms with Gasteiger partial charge in [0.25, 0.3) is 10.0 Å². The summed E-state index contributed by atoms with van der Waals surface area (Å²) >= 11 is 0. The maximum Gasteiger partial charge on any atom is 0.374 e. The Hall–Kier alpha value is -1.91. The van der Waals surface area contributed by atoms with Gasteiger partial charge in [0.05, 0.1) is 18.6 Å². The molecule has 162 valence electrons. The highest BCUT2D eigenvalue weighted by molar-refractivity contribution is 7.89. The fourth-order valence-electron chi connectivity index (χ4n) is 3.46. The van der Waals surface area contributed by atoms with E-state index in [1.54, 1.807) is 6.92 Å². The van der Waals surface area contributed by atoms with Crippen LogP contribution in [0.15, 0.2) is 21.6 Å². The van der Waals surface area contributed by atoms with E-state index in [-0.39, 0.29) is 55.1 Å². The van der Waals surface area contributed by atoms with E-state index >= 15 is 0 Å². The second-order valence-corrected chi connectivity index (χ2v) is 9.01. The molecular weight excluding hydrogens is 402 g/mol. The predicted octanol–water partition coefficient (Wildman–Crippen LogP) is 1.97. The molecule has 2 aliphatic heterocycles. The van der Waals surface area contributed by atoms with Gasteiger partial charge in [-0.05, 0) is 51.2 Å². The summed E-state index contributed by atoms with van der Waals surface area (Å²) in [4.78, 5) is 24.0. The molecule has 0 bridgehead atoms. The van der Waals surface area contributed by atoms with E-state index in [0.717, 1.165) is 19.3 Å². The molecule has 3 heterocycles. The van der Waals surface area contributed by atoms with Crippen LogP contribution in [0, 0.1) is 5.92 Å². The molecule has 29 heavy (non-hydrogen) atoms. The van der Waals surface area contributed by atoms with Gasteiger partial charge in [-0.15, -0.1) is 0 Å². The number of sulfonamides is 1. The van der Waals surface area contributed by atoms with Crippen molar-refractivity contribution < 1.29 is 36.6 Å². The molecule has 10 heteroatoms. The molecule has 2 saturated heterocycles. The number of rotatable bonds is 7. The van der Waals surface area contributed by atoms with Crippen molar-refractivity contribution in [3.05, 3.63) is 17.9 Å². The molecule has 0 aliphatic carbocycles. The molecule has 0 saturated carbocycles. The highest BCUT2D eigenvalue weighted by Gasteiger charge is 2.35. The van der Waals surface area contributed by atoms with Crippen LogP contribution in [0.4, 0.5) is 0 Å². The molecule has 1 unspecified atom stereocenters. The number of ether oxygens (including phenoxy) is 3. The number of carbonyl (C=O) groups is 2. The van der Waals surface area contributed by atoms with Crippen molar-refractivity contribution in [3.8, 4) is 0 Å². The van der Waals surface area contributed by atoms with Crippen LogP contribution in [0.5, 0.6) is 0 Å². The number of hydrogen-bond donors (Lipinski definition) is 0. The molecule has 3 rings (SSSR count). The Kier molecular flexibility index (Phi) is 7.31. The number of piperidine rings is 1. The molecule has 1 atom stereocenters. The molecular formula is C19H27NO8S. The zero-order valence-corrected chi connectivity index (χ0v) is 17.3. The average molecular weight is 429 g/mol. The summed E-state index contributed by atoms with van der Waals surface area (Å²) in [5, 5.41) is -0.309. The van der Waals surface area contributed by atoms with Crippen molar-refractivity contribution in [1.29, 1.82) is 0 Å². The molecule has 1 aromatic rings. The van der Waals surface area contributed by atoms with Gasteiger partial charge in [0, 0.05) is 19.7 Å². The molecule has 9 nitrogen and oxygen atoms in total. The number of esters is 2. The van der Waals surface area contributed by atoms with Crippen LogP contribution in [0.2, 0.25) is 0 Å². The molecule has 2 fully saturated rings. The fraction of sp³-hybridized carbons (Fsp3) is 0.684. The smallest absolute Gasteiger partial charge is 0.374 e. The van der Waals surface area contributed by atoms with Gasteiger partial charge in [0.15, 0.2) is 0 Å². The van der Waals surface area contributed by atoms with E-state index in [9.17, 15) is 18.0 Å². The Morgan fingerprint density at radius 3 is 2.55 bits per heavy atom. The Morgan fingerprint density at radius 1 is 1.14 bits per heavy atom. The Balaban J connectivity index is 1.51. The first-order chi connectivity index (χ1) is 13.9. The van der Waals surface area contributed by atoms with Crippen molar-refractivity contribution >= 4 is 22.0 Å². The quantitative estimate of drug-likeness (QED) is 0.605. The number of hydrogen-bond acceptors (Lipinski definition) is 8. The Labute approximate surface area is 170 Å². The van der Waals surface area contributed by atoms with Gasteiger partial charge in [0.1, 0.15) is 6.61 Å². The molecule has 0 radical (unpaired) electrons. The Morgan fingerprint density at radius 2 is 1.90 bits per heavy atom. The maximum absolute atomic E-state index is 12.7. The van der Waals surface area contributed by atoms with Crippen molar-refractivity contribution in [2.24, 2.45) is 5.92 Å². The first-order valence-electron chi connectivity index (χ1n) is 9.97. The highest BCUT2D eigenvalue weighted by Crippen LogP contribution is 2.26. The minimum absolute atomic E-state index is 0.0410. The van der Waals surface area contributed by atoms with Crippen LogP contribution < -0.4 is 0 Å². The molecule has 0 N–H and O–H groups in total. The first-order valence-corrected chi connectivity index (χ1v) is 11.4. The third kappa shape index (κ3) is 5.37. The van der Waals surface area contributed by atoms with Crippen molar-refractivity contribution in [1.82, 2.24) is 4.31 Å². The molecule has 0 aromatic carbocycles. The van der Waals surface area contributed by atoms with Crippen molar-refractivity contribution in [2.75, 3.05) is 32.9 Å². The van der Waals surface area contributed by atoms with Crippen LogP contribution in [-0.2, 0) is 29.0 Å². The fourth-order valence-corrected chi connectivity index (χ4v) is 4.84. The summed E-state index contributed by atoms with van der Waals surface area (Å²) in [6, 6.07) is 2.52. The van der Waals surface area contributed by atoms with Gasteiger partial charge >= 0.3 is 11.9 Å². The van der Waals surface area contributed by atoms with Gasteiger partial charge < -0.3 is 18.6 Å². The second kappa shape index (κ2) is 9.73. The summed E-state index contributed by atoms with van der Waals surface area (Å²) in [7, 11) is -3.88. The van der Waals surface area contributed by atoms with E-state index in [0.29, 0.717) is 19.4 Å². The van der Waals surface area contributed by atoms with E-state index in [4.69, 9.17) is 18.6 Å². The molecule has 2 aliphatic rings. The van der Waals surface area contributed by atoms with Crippen LogP contribution >= 0.6 is 0 Å². The standard InChI is InChI=1S/C19H27NO8S/c1-2-25-19(22)16-6-7-17(28-16)29(23,24)20-10-8-14(9-11-20)18(21)27-13-15-5-3-4-12-26-15/h6-7,14-15H,2-5,8-13H2,1H3. The third-order valence-electron chi connectivity index (χ3n) is 5.12. The molecule has 0 spiro atoms. The minimum atomic E-state index is -3.88. The first kappa shape index (κ1) is 21.8. The maximum atomic E-state index is 12.7. The minimum Gasteiger partial charge on any atom is -0.463 e. The van der Waals surface area contributed by atoms with Gasteiger partial charge in [-0.1, -0.05) is 0 Å². The van der Waals surface area contributed by atoms with Crippen LogP contribution in [-0.4, -0.2) is 63.7 Å². The third-order valence-corrected chi connectivity index (χ3v) is 6.90. The topological polar surface area (TPSA) is 112 Å². The number of nitrogens with zero attached hydrogens (tertiary/aromatic N) is 1. The monoisotopic (exact) mass is 429 g/mol. The number of furan rings is 1. The van der Waals surface area contributed by atoms with Crippen molar-refractivity contribution in [2.45, 2.75) is 50.2 Å². The van der Waals surface area contributed by atoms with E-state index in [1.165, 1.54) is 16.4 Å². The van der Waals surface area contributed by atoms with E-state index < -0.39 is 16.0 Å². The SMILES string of the molecule is CCOC(=O)c1ccc(S(=O)(=O)N2CCC(C(=O)OCC3CCCCO3)CC2)o1. The lowest BCUT2D eigenvalue weighted by molar-refractivity contribution is -0.155. The number of carbonyl (C=O) groups excluding carboxylic acids is 2.